The number of fused-ring (bicyclic) bond motifs is 1. The van der Waals surface area contributed by atoms with Crippen LogP contribution in [-0.4, -0.2) is 31.2 Å². The Morgan fingerprint density at radius 1 is 1.23 bits per heavy atom. The van der Waals surface area contributed by atoms with Gasteiger partial charge in [-0.3, -0.25) is 4.90 Å². The highest BCUT2D eigenvalue weighted by molar-refractivity contribution is 7.71. The molecule has 2 aromatic heterocycles. The Kier molecular flexibility index (Phi) is 3.99. The van der Waals surface area contributed by atoms with Gasteiger partial charge in [0.1, 0.15) is 5.82 Å². The molecule has 0 bridgehead atoms. The van der Waals surface area contributed by atoms with E-state index >= 15 is 0 Å². The Bertz CT molecular complexity index is 1000. The van der Waals surface area contributed by atoms with E-state index in [4.69, 9.17) is 12.2 Å². The topological polar surface area (TPSA) is 38.9 Å². The average molecular weight is 388 g/mol. The molecule has 0 radical (unpaired) electrons. The van der Waals surface area contributed by atoms with Gasteiger partial charge in [-0.2, -0.15) is 4.68 Å². The molecule has 1 saturated carbocycles. The molecule has 8 heteroatoms. The summed E-state index contributed by atoms with van der Waals surface area (Å²) in [5.74, 6) is 0.421. The van der Waals surface area contributed by atoms with Crippen LogP contribution in [0.15, 0.2) is 35.7 Å². The van der Waals surface area contributed by atoms with Crippen LogP contribution < -0.4 is 0 Å². The molecule has 0 spiro atoms. The maximum atomic E-state index is 13.5. The Labute approximate surface area is 159 Å². The molecule has 1 aromatic carbocycles. The van der Waals surface area contributed by atoms with E-state index in [1.54, 1.807) is 16.8 Å². The fourth-order valence-electron chi connectivity index (χ4n) is 3.83. The van der Waals surface area contributed by atoms with Gasteiger partial charge >= 0.3 is 0 Å². The molecule has 26 heavy (non-hydrogen) atoms. The minimum absolute atomic E-state index is 0.311. The van der Waals surface area contributed by atoms with Gasteiger partial charge in [-0.25, -0.2) is 9.07 Å². The molecule has 0 N–H and O–H groups in total. The molecule has 2 aliphatic rings. The Morgan fingerprint density at radius 2 is 2.12 bits per heavy atom. The van der Waals surface area contributed by atoms with Crippen molar-refractivity contribution in [3.63, 3.8) is 0 Å². The summed E-state index contributed by atoms with van der Waals surface area (Å²) < 4.78 is 17.3. The first kappa shape index (κ1) is 16.3. The number of nitrogens with zero attached hydrogens (tertiary/aromatic N) is 5. The summed E-state index contributed by atoms with van der Waals surface area (Å²) in [7, 11) is 0. The SMILES string of the molecule is Fc1cccc(-n2nnn(CN3CCc4sccc4[C@@H]3C3CC3)c2=S)c1. The quantitative estimate of drug-likeness (QED) is 0.635. The Balaban J connectivity index is 1.44. The number of rotatable bonds is 4. The highest BCUT2D eigenvalue weighted by atomic mass is 32.1. The molecule has 5 rings (SSSR count). The molecule has 3 aromatic rings. The van der Waals surface area contributed by atoms with E-state index in [9.17, 15) is 4.39 Å². The standard InChI is InChI=1S/C18H18FN5S2/c19-13-2-1-3-14(10-13)24-18(25)23(20-21-24)11-22-8-6-16-15(7-9-26-16)17(22)12-4-5-12/h1-3,7,9-10,12,17H,4-6,8,11H2/t17-/m0/s1. The first-order valence-corrected chi connectivity index (χ1v) is 10.1. The van der Waals surface area contributed by atoms with Crippen molar-refractivity contribution in [1.29, 1.82) is 0 Å². The van der Waals surface area contributed by atoms with Crippen LogP contribution in [0.2, 0.25) is 0 Å². The van der Waals surface area contributed by atoms with E-state index in [2.05, 4.69) is 26.8 Å². The molecule has 1 fully saturated rings. The van der Waals surface area contributed by atoms with Crippen molar-refractivity contribution in [3.05, 3.63) is 56.7 Å². The molecular formula is C18H18FN5S2. The number of hydrogen-bond acceptors (Lipinski definition) is 5. The van der Waals surface area contributed by atoms with Gasteiger partial charge in [-0.05, 0) is 83.0 Å². The number of tetrazole rings is 1. The molecule has 1 atom stereocenters. The van der Waals surface area contributed by atoms with Gasteiger partial charge in [-0.1, -0.05) is 6.07 Å². The van der Waals surface area contributed by atoms with Gasteiger partial charge < -0.3 is 0 Å². The van der Waals surface area contributed by atoms with Crippen molar-refractivity contribution >= 4 is 23.6 Å². The molecule has 5 nitrogen and oxygen atoms in total. The summed E-state index contributed by atoms with van der Waals surface area (Å²) in [5.41, 5.74) is 2.08. The number of halogens is 1. The molecule has 0 unspecified atom stereocenters. The predicted octanol–water partition coefficient (Wildman–Crippen LogP) is 3.97. The normalized spacial score (nSPS) is 20.3. The van der Waals surface area contributed by atoms with Crippen molar-refractivity contribution < 1.29 is 4.39 Å². The average Bonchev–Trinajstić information content (AvgIpc) is 3.25. The predicted molar refractivity (Wildman–Crippen MR) is 100 cm³/mol. The van der Waals surface area contributed by atoms with E-state index in [-0.39, 0.29) is 5.82 Å². The zero-order valence-corrected chi connectivity index (χ0v) is 15.7. The van der Waals surface area contributed by atoms with Crippen molar-refractivity contribution in [3.8, 4) is 5.69 Å². The number of aromatic nitrogens is 4. The maximum absolute atomic E-state index is 13.5. The van der Waals surface area contributed by atoms with Crippen LogP contribution in [0.3, 0.4) is 0 Å². The molecule has 0 saturated heterocycles. The first-order valence-electron chi connectivity index (χ1n) is 8.80. The van der Waals surface area contributed by atoms with Crippen LogP contribution in [0.4, 0.5) is 4.39 Å². The second-order valence-corrected chi connectivity index (χ2v) is 8.30. The smallest absolute Gasteiger partial charge is 0.221 e. The number of hydrogen-bond donors (Lipinski definition) is 0. The third kappa shape index (κ3) is 2.82. The summed E-state index contributed by atoms with van der Waals surface area (Å²) in [6, 6.07) is 8.98. The highest BCUT2D eigenvalue weighted by Gasteiger charge is 2.40. The van der Waals surface area contributed by atoms with Gasteiger partial charge in [-0.15, -0.1) is 11.3 Å². The Hall–Kier alpha value is -1.90. The minimum Gasteiger partial charge on any atom is -0.276 e. The summed E-state index contributed by atoms with van der Waals surface area (Å²) in [4.78, 5) is 3.98. The largest absolute Gasteiger partial charge is 0.276 e. The summed E-state index contributed by atoms with van der Waals surface area (Å²) in [5, 5.41) is 10.6. The van der Waals surface area contributed by atoms with Crippen LogP contribution >= 0.6 is 23.6 Å². The van der Waals surface area contributed by atoms with E-state index in [0.29, 0.717) is 23.2 Å². The van der Waals surface area contributed by atoms with Crippen LogP contribution in [-0.2, 0) is 13.1 Å². The van der Waals surface area contributed by atoms with Crippen molar-refractivity contribution in [2.75, 3.05) is 6.54 Å². The molecular weight excluding hydrogens is 369 g/mol. The van der Waals surface area contributed by atoms with Crippen LogP contribution in [0.1, 0.15) is 29.3 Å². The second kappa shape index (κ2) is 6.37. The fourth-order valence-corrected chi connectivity index (χ4v) is 4.97. The van der Waals surface area contributed by atoms with Gasteiger partial charge in [0.2, 0.25) is 4.77 Å². The third-order valence-electron chi connectivity index (χ3n) is 5.19. The summed E-state index contributed by atoms with van der Waals surface area (Å²) in [6.07, 6.45) is 3.65. The van der Waals surface area contributed by atoms with Crippen molar-refractivity contribution in [2.45, 2.75) is 32.0 Å². The molecule has 3 heterocycles. The lowest BCUT2D eigenvalue weighted by molar-refractivity contribution is 0.116. The molecule has 0 amide bonds. The van der Waals surface area contributed by atoms with Crippen LogP contribution in [0.25, 0.3) is 5.69 Å². The van der Waals surface area contributed by atoms with E-state index in [0.717, 1.165) is 18.9 Å². The molecule has 134 valence electrons. The number of thiophene rings is 1. The van der Waals surface area contributed by atoms with E-state index in [1.807, 2.05) is 11.3 Å². The van der Waals surface area contributed by atoms with Crippen molar-refractivity contribution in [1.82, 2.24) is 24.7 Å². The number of benzene rings is 1. The zero-order chi connectivity index (χ0) is 17.7. The second-order valence-electron chi connectivity index (χ2n) is 6.94. The Morgan fingerprint density at radius 3 is 2.92 bits per heavy atom. The van der Waals surface area contributed by atoms with Crippen LogP contribution in [0, 0.1) is 16.5 Å². The van der Waals surface area contributed by atoms with E-state index < -0.39 is 0 Å². The summed E-state index contributed by atoms with van der Waals surface area (Å²) >= 11 is 7.42. The lowest BCUT2D eigenvalue weighted by Crippen LogP contribution is -2.37. The van der Waals surface area contributed by atoms with Crippen molar-refractivity contribution in [2.24, 2.45) is 5.92 Å². The fraction of sp³-hybridized carbons (Fsp3) is 0.389. The lowest BCUT2D eigenvalue weighted by Gasteiger charge is -2.35. The van der Waals surface area contributed by atoms with Gasteiger partial charge in [0.25, 0.3) is 0 Å². The van der Waals surface area contributed by atoms with Gasteiger partial charge in [0.05, 0.1) is 12.4 Å². The van der Waals surface area contributed by atoms with Gasteiger partial charge in [0, 0.05) is 17.5 Å². The lowest BCUT2D eigenvalue weighted by atomic mass is 9.96. The van der Waals surface area contributed by atoms with Crippen LogP contribution in [0.5, 0.6) is 0 Å². The monoisotopic (exact) mass is 387 g/mol. The maximum Gasteiger partial charge on any atom is 0.221 e. The summed E-state index contributed by atoms with van der Waals surface area (Å²) in [6.45, 7) is 1.62. The minimum atomic E-state index is -0.311. The van der Waals surface area contributed by atoms with E-state index in [1.165, 1.54) is 40.1 Å². The third-order valence-corrected chi connectivity index (χ3v) is 6.57. The van der Waals surface area contributed by atoms with Gasteiger partial charge in [0.15, 0.2) is 0 Å². The highest BCUT2D eigenvalue weighted by Crippen LogP contribution is 2.48. The molecule has 1 aliphatic carbocycles. The zero-order valence-electron chi connectivity index (χ0n) is 14.1. The molecule has 1 aliphatic heterocycles. The first-order chi connectivity index (χ1) is 12.7.